The molecule has 1 unspecified atom stereocenters. The van der Waals surface area contributed by atoms with Gasteiger partial charge in [-0.3, -0.25) is 0 Å². The third-order valence-electron chi connectivity index (χ3n) is 8.46. The smallest absolute Gasteiger partial charge is 0.224 e. The molecule has 0 fully saturated rings. The van der Waals surface area contributed by atoms with Crippen molar-refractivity contribution in [3.05, 3.63) is 139 Å². The van der Waals surface area contributed by atoms with Crippen molar-refractivity contribution in [1.82, 2.24) is 9.13 Å². The highest BCUT2D eigenvalue weighted by atomic mass is 16.6. The molecule has 1 aliphatic heterocycles. The zero-order valence-electron chi connectivity index (χ0n) is 22.0. The highest BCUT2D eigenvalue weighted by molar-refractivity contribution is 6.13. The summed E-state index contributed by atoms with van der Waals surface area (Å²) < 4.78 is 10.7. The molecule has 9 rings (SSSR count). The first-order valence-corrected chi connectivity index (χ1v) is 13.9. The number of aromatic nitrogens is 2. The number of hydrogen-bond acceptors (Lipinski definition) is 2. The maximum atomic E-state index is 10.7. The van der Waals surface area contributed by atoms with E-state index in [4.69, 9.17) is 4.74 Å². The number of aliphatic hydroxyl groups excluding tert-OH is 1. The van der Waals surface area contributed by atoms with Crippen LogP contribution < -0.4 is 4.74 Å². The van der Waals surface area contributed by atoms with Crippen molar-refractivity contribution >= 4 is 43.6 Å². The molecule has 0 spiro atoms. The Kier molecular flexibility index (Phi) is 4.58. The van der Waals surface area contributed by atoms with Crippen LogP contribution in [0.4, 0.5) is 0 Å². The summed E-state index contributed by atoms with van der Waals surface area (Å²) in [5.74, 6) is 0.700. The molecule has 0 amide bonds. The minimum Gasteiger partial charge on any atom is -0.460 e. The molecule has 0 saturated heterocycles. The van der Waals surface area contributed by atoms with E-state index in [0.29, 0.717) is 5.75 Å². The van der Waals surface area contributed by atoms with Crippen molar-refractivity contribution in [1.29, 1.82) is 0 Å². The SMILES string of the molecule is OC1Oc2cc3c4ccccc4n(-c4ccc5c6ccccc6n(-c6ccccc6)c5c4)c3cc2-c2ccccc21. The minimum atomic E-state index is -0.980. The lowest BCUT2D eigenvalue weighted by atomic mass is 9.95. The van der Waals surface area contributed by atoms with E-state index in [9.17, 15) is 5.11 Å². The zero-order chi connectivity index (χ0) is 27.1. The van der Waals surface area contributed by atoms with Gasteiger partial charge in [-0.2, -0.15) is 0 Å². The molecule has 1 aliphatic rings. The van der Waals surface area contributed by atoms with E-state index >= 15 is 0 Å². The third kappa shape index (κ3) is 3.14. The van der Waals surface area contributed by atoms with E-state index in [1.54, 1.807) is 0 Å². The standard InChI is InChI=1S/C37H24N2O2/c40-37-29-15-5-4-12-25(29)31-21-35-30(22-36(31)41-37)27-14-7-9-17-33(27)39(35)24-18-19-28-26-13-6-8-16-32(26)38(34(28)20-24)23-10-2-1-3-11-23/h1-22,37,40H. The Morgan fingerprint density at radius 3 is 1.88 bits per heavy atom. The van der Waals surface area contributed by atoms with E-state index in [1.807, 2.05) is 18.2 Å². The quantitative estimate of drug-likeness (QED) is 0.243. The topological polar surface area (TPSA) is 39.3 Å². The molecule has 0 saturated carbocycles. The molecule has 4 heteroatoms. The van der Waals surface area contributed by atoms with Crippen LogP contribution in [0.25, 0.3) is 66.1 Å². The molecule has 0 aliphatic carbocycles. The van der Waals surface area contributed by atoms with Crippen LogP contribution in [0.5, 0.6) is 5.75 Å². The lowest BCUT2D eigenvalue weighted by molar-refractivity contribution is -0.0211. The Morgan fingerprint density at radius 1 is 0.463 bits per heavy atom. The van der Waals surface area contributed by atoms with Gasteiger partial charge in [0, 0.05) is 44.0 Å². The second kappa shape index (κ2) is 8.34. The second-order valence-corrected chi connectivity index (χ2v) is 10.7. The fourth-order valence-electron chi connectivity index (χ4n) is 6.68. The van der Waals surface area contributed by atoms with Crippen molar-refractivity contribution in [3.8, 4) is 28.3 Å². The van der Waals surface area contributed by atoms with Crippen molar-refractivity contribution in [3.63, 3.8) is 0 Å². The summed E-state index contributed by atoms with van der Waals surface area (Å²) in [5.41, 5.74) is 9.58. The predicted molar refractivity (Wildman–Crippen MR) is 166 cm³/mol. The van der Waals surface area contributed by atoms with Crippen LogP contribution in [0.2, 0.25) is 0 Å². The summed E-state index contributed by atoms with van der Waals surface area (Å²) in [6.45, 7) is 0. The summed E-state index contributed by atoms with van der Waals surface area (Å²) in [6, 6.07) is 46.7. The highest BCUT2D eigenvalue weighted by Gasteiger charge is 2.26. The number of hydrogen-bond donors (Lipinski definition) is 1. The molecule has 0 bridgehead atoms. The molecular weight excluding hydrogens is 504 g/mol. The first-order valence-electron chi connectivity index (χ1n) is 13.9. The first-order chi connectivity index (χ1) is 20.3. The van der Waals surface area contributed by atoms with Crippen LogP contribution in [-0.4, -0.2) is 14.2 Å². The molecule has 8 aromatic rings. The zero-order valence-corrected chi connectivity index (χ0v) is 22.0. The first kappa shape index (κ1) is 22.5. The Balaban J connectivity index is 1.38. The van der Waals surface area contributed by atoms with E-state index in [2.05, 4.69) is 124 Å². The number of para-hydroxylation sites is 3. The van der Waals surface area contributed by atoms with Gasteiger partial charge in [-0.05, 0) is 54.1 Å². The van der Waals surface area contributed by atoms with E-state index < -0.39 is 6.29 Å². The molecule has 1 atom stereocenters. The van der Waals surface area contributed by atoms with Crippen molar-refractivity contribution in [2.24, 2.45) is 0 Å². The largest absolute Gasteiger partial charge is 0.460 e. The molecule has 6 aromatic carbocycles. The number of rotatable bonds is 2. The van der Waals surface area contributed by atoms with Gasteiger partial charge in [0.15, 0.2) is 0 Å². The molecular formula is C37H24N2O2. The van der Waals surface area contributed by atoms with E-state index in [-0.39, 0.29) is 0 Å². The number of fused-ring (bicyclic) bond motifs is 9. The van der Waals surface area contributed by atoms with Gasteiger partial charge in [-0.1, -0.05) is 84.9 Å². The molecule has 2 aromatic heterocycles. The van der Waals surface area contributed by atoms with Gasteiger partial charge >= 0.3 is 0 Å². The number of nitrogens with zero attached hydrogens (tertiary/aromatic N) is 2. The Bertz CT molecular complexity index is 2310. The van der Waals surface area contributed by atoms with Gasteiger partial charge in [0.25, 0.3) is 0 Å². The molecule has 3 heterocycles. The highest BCUT2D eigenvalue weighted by Crippen LogP contribution is 2.46. The molecule has 41 heavy (non-hydrogen) atoms. The minimum absolute atomic E-state index is 0.700. The molecule has 1 N–H and O–H groups in total. The fraction of sp³-hybridized carbons (Fsp3) is 0.0270. The predicted octanol–water partition coefficient (Wildman–Crippen LogP) is 8.93. The van der Waals surface area contributed by atoms with Crippen LogP contribution in [0.3, 0.4) is 0 Å². The number of ether oxygens (including phenoxy) is 1. The van der Waals surface area contributed by atoms with Crippen molar-refractivity contribution < 1.29 is 9.84 Å². The summed E-state index contributed by atoms with van der Waals surface area (Å²) in [6.07, 6.45) is -0.980. The maximum Gasteiger partial charge on any atom is 0.224 e. The van der Waals surface area contributed by atoms with Crippen molar-refractivity contribution in [2.45, 2.75) is 6.29 Å². The van der Waals surface area contributed by atoms with E-state index in [1.165, 1.54) is 16.3 Å². The molecule has 0 radical (unpaired) electrons. The van der Waals surface area contributed by atoms with Crippen molar-refractivity contribution in [2.75, 3.05) is 0 Å². The number of aliphatic hydroxyl groups is 1. The van der Waals surface area contributed by atoms with Gasteiger partial charge < -0.3 is 19.0 Å². The molecule has 194 valence electrons. The van der Waals surface area contributed by atoms with Crippen LogP contribution in [0, 0.1) is 0 Å². The van der Waals surface area contributed by atoms with Crippen LogP contribution in [0.1, 0.15) is 11.9 Å². The van der Waals surface area contributed by atoms with E-state index in [0.717, 1.165) is 55.4 Å². The average Bonchev–Trinajstić information content (AvgIpc) is 3.53. The monoisotopic (exact) mass is 528 g/mol. The van der Waals surface area contributed by atoms with Gasteiger partial charge in [-0.15, -0.1) is 0 Å². The maximum absolute atomic E-state index is 10.7. The summed E-state index contributed by atoms with van der Waals surface area (Å²) in [4.78, 5) is 0. The summed E-state index contributed by atoms with van der Waals surface area (Å²) >= 11 is 0. The lowest BCUT2D eigenvalue weighted by Crippen LogP contribution is -2.13. The fourth-order valence-corrected chi connectivity index (χ4v) is 6.68. The van der Waals surface area contributed by atoms with Crippen LogP contribution in [-0.2, 0) is 0 Å². The Labute approximate surface area is 235 Å². The average molecular weight is 529 g/mol. The van der Waals surface area contributed by atoms with Crippen LogP contribution in [0.15, 0.2) is 133 Å². The summed E-state index contributed by atoms with van der Waals surface area (Å²) in [5, 5.41) is 15.4. The molecule has 4 nitrogen and oxygen atoms in total. The Hall–Kier alpha value is -5.32. The van der Waals surface area contributed by atoms with Gasteiger partial charge in [-0.25, -0.2) is 0 Å². The van der Waals surface area contributed by atoms with Crippen LogP contribution >= 0.6 is 0 Å². The summed E-state index contributed by atoms with van der Waals surface area (Å²) in [7, 11) is 0. The Morgan fingerprint density at radius 2 is 1.07 bits per heavy atom. The lowest BCUT2D eigenvalue weighted by Gasteiger charge is -2.25. The van der Waals surface area contributed by atoms with Gasteiger partial charge in [0.2, 0.25) is 6.29 Å². The second-order valence-electron chi connectivity index (χ2n) is 10.7. The van der Waals surface area contributed by atoms with Gasteiger partial charge in [0.1, 0.15) is 5.75 Å². The third-order valence-corrected chi connectivity index (χ3v) is 8.46. The van der Waals surface area contributed by atoms with Gasteiger partial charge in [0.05, 0.1) is 22.1 Å². The normalized spacial score (nSPS) is 14.4. The number of benzene rings is 6.